The van der Waals surface area contributed by atoms with Crippen molar-refractivity contribution in [2.45, 2.75) is 19.5 Å². The molecule has 0 amide bonds. The van der Waals surface area contributed by atoms with Crippen LogP contribution in [0, 0.1) is 6.92 Å². The second-order valence-electron chi connectivity index (χ2n) is 4.90. The van der Waals surface area contributed by atoms with Gasteiger partial charge < -0.3 is 14.8 Å². The molecule has 0 aliphatic carbocycles. The number of methoxy groups -OCH3 is 1. The summed E-state index contributed by atoms with van der Waals surface area (Å²) in [4.78, 5) is 7.01. The van der Waals surface area contributed by atoms with Crippen LogP contribution in [0.3, 0.4) is 0 Å². The summed E-state index contributed by atoms with van der Waals surface area (Å²) in [7, 11) is 3.66. The van der Waals surface area contributed by atoms with E-state index in [2.05, 4.69) is 15.2 Å². The molecule has 1 N–H and O–H groups in total. The Morgan fingerprint density at radius 1 is 1.53 bits per heavy atom. The lowest BCUT2D eigenvalue weighted by Gasteiger charge is -2.35. The molecule has 0 saturated carbocycles. The zero-order valence-corrected chi connectivity index (χ0v) is 12.0. The zero-order chi connectivity index (χ0) is 13.7. The highest BCUT2D eigenvalue weighted by Gasteiger charge is 2.22. The summed E-state index contributed by atoms with van der Waals surface area (Å²) < 4.78 is 10.8. The van der Waals surface area contributed by atoms with Crippen molar-refractivity contribution >= 4 is 0 Å². The minimum absolute atomic E-state index is 0.409. The summed E-state index contributed by atoms with van der Waals surface area (Å²) in [5, 5.41) is 3.22. The summed E-state index contributed by atoms with van der Waals surface area (Å²) in [5.74, 6) is 0.876. The van der Waals surface area contributed by atoms with Crippen molar-refractivity contribution < 1.29 is 9.47 Å². The average molecular weight is 265 g/mol. The van der Waals surface area contributed by atoms with Gasteiger partial charge in [0.25, 0.3) is 0 Å². The van der Waals surface area contributed by atoms with E-state index in [0.717, 1.165) is 50.0 Å². The molecule has 1 atom stereocenters. The maximum Gasteiger partial charge on any atom is 0.122 e. The first kappa shape index (κ1) is 14.2. The number of aryl methyl sites for hydroxylation is 1. The molecule has 5 heteroatoms. The SMILES string of the molecule is CNCC1COCCN1Cc1cc(OC)cc(C)n1. The molecule has 0 aromatic carbocycles. The minimum atomic E-state index is 0.409. The van der Waals surface area contributed by atoms with Crippen LogP contribution in [0.2, 0.25) is 0 Å². The Balaban J connectivity index is 2.07. The maximum atomic E-state index is 5.54. The Bertz CT molecular complexity index is 410. The van der Waals surface area contributed by atoms with Gasteiger partial charge in [-0.05, 0) is 14.0 Å². The highest BCUT2D eigenvalue weighted by atomic mass is 16.5. The van der Waals surface area contributed by atoms with Crippen LogP contribution in [-0.4, -0.2) is 56.4 Å². The van der Waals surface area contributed by atoms with Crippen molar-refractivity contribution in [2.75, 3.05) is 40.5 Å². The number of aromatic nitrogens is 1. The van der Waals surface area contributed by atoms with Crippen molar-refractivity contribution in [2.24, 2.45) is 0 Å². The Morgan fingerprint density at radius 2 is 2.37 bits per heavy atom. The summed E-state index contributed by atoms with van der Waals surface area (Å²) in [5.41, 5.74) is 2.05. The second-order valence-corrected chi connectivity index (χ2v) is 4.90. The summed E-state index contributed by atoms with van der Waals surface area (Å²) in [6.45, 7) is 6.30. The lowest BCUT2D eigenvalue weighted by atomic mass is 10.2. The topological polar surface area (TPSA) is 46.6 Å². The number of morpholine rings is 1. The normalized spacial score (nSPS) is 20.5. The van der Waals surface area contributed by atoms with Crippen molar-refractivity contribution in [3.8, 4) is 5.75 Å². The van der Waals surface area contributed by atoms with E-state index in [-0.39, 0.29) is 0 Å². The zero-order valence-electron chi connectivity index (χ0n) is 12.0. The Morgan fingerprint density at radius 3 is 3.11 bits per heavy atom. The summed E-state index contributed by atoms with van der Waals surface area (Å²) in [6.07, 6.45) is 0. The molecule has 1 fully saturated rings. The number of hydrogen-bond donors (Lipinski definition) is 1. The molecule has 1 saturated heterocycles. The van der Waals surface area contributed by atoms with Gasteiger partial charge in [-0.25, -0.2) is 0 Å². The number of rotatable bonds is 5. The molecule has 19 heavy (non-hydrogen) atoms. The van der Waals surface area contributed by atoms with E-state index < -0.39 is 0 Å². The third-order valence-corrected chi connectivity index (χ3v) is 3.37. The number of hydrogen-bond acceptors (Lipinski definition) is 5. The molecular formula is C14H23N3O2. The van der Waals surface area contributed by atoms with Crippen molar-refractivity contribution in [1.29, 1.82) is 0 Å². The molecule has 1 unspecified atom stereocenters. The lowest BCUT2D eigenvalue weighted by Crippen LogP contribution is -2.49. The first-order chi connectivity index (χ1) is 9.22. The fourth-order valence-corrected chi connectivity index (χ4v) is 2.43. The van der Waals surface area contributed by atoms with E-state index in [1.165, 1.54) is 0 Å². The number of nitrogens with one attached hydrogen (secondary N) is 1. The fourth-order valence-electron chi connectivity index (χ4n) is 2.43. The molecule has 2 rings (SSSR count). The quantitative estimate of drug-likeness (QED) is 0.854. The van der Waals surface area contributed by atoms with Crippen LogP contribution in [0.1, 0.15) is 11.4 Å². The Labute approximate surface area is 114 Å². The standard InChI is InChI=1S/C14H23N3O2/c1-11-6-14(18-3)7-12(16-11)9-17-4-5-19-10-13(17)8-15-2/h6-7,13,15H,4-5,8-10H2,1-3H3. The van der Waals surface area contributed by atoms with Gasteiger partial charge in [-0.1, -0.05) is 0 Å². The lowest BCUT2D eigenvalue weighted by molar-refractivity contribution is -0.0109. The van der Waals surface area contributed by atoms with Gasteiger partial charge in [0.05, 0.1) is 26.0 Å². The molecule has 5 nitrogen and oxygen atoms in total. The monoisotopic (exact) mass is 265 g/mol. The predicted molar refractivity (Wildman–Crippen MR) is 74.5 cm³/mol. The van der Waals surface area contributed by atoms with Crippen LogP contribution < -0.4 is 10.1 Å². The summed E-state index contributed by atoms with van der Waals surface area (Å²) in [6, 6.07) is 4.37. The number of ether oxygens (including phenoxy) is 2. The van der Waals surface area contributed by atoms with Crippen molar-refractivity contribution in [3.05, 3.63) is 23.5 Å². The molecular weight excluding hydrogens is 242 g/mol. The van der Waals surface area contributed by atoms with Gasteiger partial charge in [-0.3, -0.25) is 9.88 Å². The highest BCUT2D eigenvalue weighted by Crippen LogP contribution is 2.17. The smallest absolute Gasteiger partial charge is 0.122 e. The van der Waals surface area contributed by atoms with E-state index in [0.29, 0.717) is 6.04 Å². The fraction of sp³-hybridized carbons (Fsp3) is 0.643. The van der Waals surface area contributed by atoms with E-state index in [4.69, 9.17) is 9.47 Å². The van der Waals surface area contributed by atoms with Gasteiger partial charge >= 0.3 is 0 Å². The summed E-state index contributed by atoms with van der Waals surface area (Å²) >= 11 is 0. The van der Waals surface area contributed by atoms with Crippen molar-refractivity contribution in [3.63, 3.8) is 0 Å². The molecule has 0 spiro atoms. The average Bonchev–Trinajstić information content (AvgIpc) is 2.40. The Kier molecular flexibility index (Phi) is 5.13. The first-order valence-corrected chi connectivity index (χ1v) is 6.71. The van der Waals surface area contributed by atoms with E-state index in [9.17, 15) is 0 Å². The second kappa shape index (κ2) is 6.84. The molecule has 1 aromatic heterocycles. The number of pyridine rings is 1. The third-order valence-electron chi connectivity index (χ3n) is 3.37. The van der Waals surface area contributed by atoms with E-state index >= 15 is 0 Å². The number of likely N-dealkylation sites (N-methyl/N-ethyl adjacent to an activating group) is 1. The van der Waals surface area contributed by atoms with Crippen LogP contribution in [-0.2, 0) is 11.3 Å². The Hall–Kier alpha value is -1.17. The van der Waals surface area contributed by atoms with Crippen LogP contribution >= 0.6 is 0 Å². The van der Waals surface area contributed by atoms with Gasteiger partial charge in [-0.15, -0.1) is 0 Å². The van der Waals surface area contributed by atoms with Gasteiger partial charge in [0.1, 0.15) is 5.75 Å². The van der Waals surface area contributed by atoms with E-state index in [1.807, 2.05) is 26.1 Å². The van der Waals surface area contributed by atoms with Gasteiger partial charge in [0.15, 0.2) is 0 Å². The van der Waals surface area contributed by atoms with Crippen molar-refractivity contribution in [1.82, 2.24) is 15.2 Å². The molecule has 1 aliphatic heterocycles. The maximum absolute atomic E-state index is 5.54. The first-order valence-electron chi connectivity index (χ1n) is 6.71. The highest BCUT2D eigenvalue weighted by molar-refractivity contribution is 5.26. The molecule has 106 valence electrons. The molecule has 0 radical (unpaired) electrons. The molecule has 1 aliphatic rings. The third kappa shape index (κ3) is 3.89. The van der Waals surface area contributed by atoms with E-state index in [1.54, 1.807) is 7.11 Å². The molecule has 2 heterocycles. The van der Waals surface area contributed by atoms with Gasteiger partial charge in [-0.2, -0.15) is 0 Å². The predicted octanol–water partition coefficient (Wildman–Crippen LogP) is 0.819. The molecule has 0 bridgehead atoms. The van der Waals surface area contributed by atoms with Crippen LogP contribution in [0.25, 0.3) is 0 Å². The van der Waals surface area contributed by atoms with Crippen LogP contribution in [0.15, 0.2) is 12.1 Å². The molecule has 1 aromatic rings. The van der Waals surface area contributed by atoms with Crippen LogP contribution in [0.5, 0.6) is 5.75 Å². The number of nitrogens with zero attached hydrogens (tertiary/aromatic N) is 2. The van der Waals surface area contributed by atoms with Gasteiger partial charge in [0, 0.05) is 43.5 Å². The van der Waals surface area contributed by atoms with Crippen LogP contribution in [0.4, 0.5) is 0 Å². The largest absolute Gasteiger partial charge is 0.497 e. The van der Waals surface area contributed by atoms with Gasteiger partial charge in [0.2, 0.25) is 0 Å². The minimum Gasteiger partial charge on any atom is -0.497 e.